The van der Waals surface area contributed by atoms with E-state index in [1.165, 1.54) is 4.90 Å². The second kappa shape index (κ2) is 3.33. The van der Waals surface area contributed by atoms with Gasteiger partial charge in [-0.05, 0) is 19.1 Å². The first-order valence-electron chi connectivity index (χ1n) is 6.42. The number of carbonyl (C=O) groups is 2. The zero-order valence-corrected chi connectivity index (χ0v) is 10.4. The topological polar surface area (TPSA) is 46.6 Å². The van der Waals surface area contributed by atoms with Crippen LogP contribution in [0.2, 0.25) is 0 Å². The SMILES string of the molecule is C[C@@]12C=C[C@H](O1)[C@H]1C(=O)N(c3ccccc3)C(=O)[C@@H]12. The minimum atomic E-state index is -0.619. The van der Waals surface area contributed by atoms with E-state index in [9.17, 15) is 9.59 Å². The zero-order chi connectivity index (χ0) is 13.2. The fourth-order valence-electron chi connectivity index (χ4n) is 3.48. The summed E-state index contributed by atoms with van der Waals surface area (Å²) in [5.41, 5.74) is 0.0286. The number of rotatable bonds is 1. The number of carbonyl (C=O) groups excluding carboxylic acids is 2. The van der Waals surface area contributed by atoms with E-state index >= 15 is 0 Å². The molecule has 2 saturated heterocycles. The van der Waals surface area contributed by atoms with E-state index in [4.69, 9.17) is 4.74 Å². The number of amides is 2. The first-order chi connectivity index (χ1) is 9.12. The molecule has 0 radical (unpaired) electrons. The van der Waals surface area contributed by atoms with Crippen LogP contribution in [-0.4, -0.2) is 23.5 Å². The van der Waals surface area contributed by atoms with Gasteiger partial charge in [0.25, 0.3) is 0 Å². The Morgan fingerprint density at radius 2 is 1.89 bits per heavy atom. The third-order valence-electron chi connectivity index (χ3n) is 4.34. The van der Waals surface area contributed by atoms with Crippen LogP contribution < -0.4 is 4.90 Å². The van der Waals surface area contributed by atoms with E-state index in [0.29, 0.717) is 5.69 Å². The molecule has 4 atom stereocenters. The van der Waals surface area contributed by atoms with Crippen molar-refractivity contribution in [2.24, 2.45) is 11.8 Å². The highest BCUT2D eigenvalue weighted by Crippen LogP contribution is 2.52. The van der Waals surface area contributed by atoms with Crippen molar-refractivity contribution in [2.45, 2.75) is 18.6 Å². The summed E-state index contributed by atoms with van der Waals surface area (Å²) in [6, 6.07) is 9.10. The minimum Gasteiger partial charge on any atom is -0.362 e. The van der Waals surface area contributed by atoms with E-state index in [0.717, 1.165) is 0 Å². The van der Waals surface area contributed by atoms with Crippen LogP contribution in [0.3, 0.4) is 0 Å². The molecule has 0 saturated carbocycles. The van der Waals surface area contributed by atoms with E-state index in [2.05, 4.69) is 0 Å². The van der Waals surface area contributed by atoms with Gasteiger partial charge in [-0.3, -0.25) is 9.59 Å². The maximum atomic E-state index is 12.6. The van der Waals surface area contributed by atoms with E-state index in [1.54, 1.807) is 12.1 Å². The molecule has 96 valence electrons. The van der Waals surface area contributed by atoms with Crippen molar-refractivity contribution in [3.05, 3.63) is 42.5 Å². The first-order valence-corrected chi connectivity index (χ1v) is 6.42. The van der Waals surface area contributed by atoms with Gasteiger partial charge in [-0.25, -0.2) is 4.90 Å². The summed E-state index contributed by atoms with van der Waals surface area (Å²) in [6.45, 7) is 1.88. The second-order valence-corrected chi connectivity index (χ2v) is 5.48. The van der Waals surface area contributed by atoms with E-state index in [1.807, 2.05) is 37.3 Å². The molecular weight excluding hydrogens is 242 g/mol. The highest BCUT2D eigenvalue weighted by molar-refractivity contribution is 6.23. The van der Waals surface area contributed by atoms with Gasteiger partial charge in [0, 0.05) is 0 Å². The van der Waals surface area contributed by atoms with Gasteiger partial charge in [-0.15, -0.1) is 0 Å². The van der Waals surface area contributed by atoms with Crippen molar-refractivity contribution in [1.82, 2.24) is 0 Å². The highest BCUT2D eigenvalue weighted by atomic mass is 16.5. The predicted octanol–water partition coefficient (Wildman–Crippen LogP) is 1.52. The van der Waals surface area contributed by atoms with Crippen molar-refractivity contribution < 1.29 is 14.3 Å². The van der Waals surface area contributed by atoms with Crippen molar-refractivity contribution in [3.63, 3.8) is 0 Å². The van der Waals surface area contributed by atoms with Gasteiger partial charge in [0.1, 0.15) is 0 Å². The molecule has 3 heterocycles. The Hall–Kier alpha value is -1.94. The molecular formula is C15H13NO3. The lowest BCUT2D eigenvalue weighted by Crippen LogP contribution is -2.38. The number of fused-ring (bicyclic) bond motifs is 5. The minimum absolute atomic E-state index is 0.140. The van der Waals surface area contributed by atoms with Gasteiger partial charge in [0.05, 0.1) is 29.2 Å². The van der Waals surface area contributed by atoms with Gasteiger partial charge in [-0.1, -0.05) is 30.4 Å². The van der Waals surface area contributed by atoms with Crippen molar-refractivity contribution in [1.29, 1.82) is 0 Å². The van der Waals surface area contributed by atoms with Crippen LogP contribution in [0.4, 0.5) is 5.69 Å². The molecule has 4 heteroatoms. The van der Waals surface area contributed by atoms with Crippen LogP contribution >= 0.6 is 0 Å². The van der Waals surface area contributed by atoms with Crippen LogP contribution in [0, 0.1) is 11.8 Å². The maximum Gasteiger partial charge on any atom is 0.241 e. The quantitative estimate of drug-likeness (QED) is 0.564. The Kier molecular flexibility index (Phi) is 1.92. The lowest BCUT2D eigenvalue weighted by molar-refractivity contribution is -0.126. The zero-order valence-electron chi connectivity index (χ0n) is 10.4. The monoisotopic (exact) mass is 255 g/mol. The number of imide groups is 1. The lowest BCUT2D eigenvalue weighted by Gasteiger charge is -2.24. The van der Waals surface area contributed by atoms with Crippen LogP contribution in [-0.2, 0) is 14.3 Å². The summed E-state index contributed by atoms with van der Waals surface area (Å²) in [6.07, 6.45) is 3.57. The third kappa shape index (κ3) is 1.22. The van der Waals surface area contributed by atoms with Crippen molar-refractivity contribution >= 4 is 17.5 Å². The number of nitrogens with zero attached hydrogens (tertiary/aromatic N) is 1. The molecule has 0 aromatic heterocycles. The molecule has 3 aliphatic heterocycles. The summed E-state index contributed by atoms with van der Waals surface area (Å²) in [7, 11) is 0. The Balaban J connectivity index is 1.80. The van der Waals surface area contributed by atoms with Crippen molar-refractivity contribution in [2.75, 3.05) is 4.90 Å². The Labute approximate surface area is 110 Å². The van der Waals surface area contributed by atoms with Crippen LogP contribution in [0.15, 0.2) is 42.5 Å². The van der Waals surface area contributed by atoms with Crippen LogP contribution in [0.1, 0.15) is 6.92 Å². The summed E-state index contributed by atoms with van der Waals surface area (Å²) < 4.78 is 5.77. The number of ether oxygens (including phenoxy) is 1. The summed E-state index contributed by atoms with van der Waals surface area (Å²) in [4.78, 5) is 26.4. The number of para-hydroxylation sites is 1. The van der Waals surface area contributed by atoms with Gasteiger partial charge < -0.3 is 4.74 Å². The Morgan fingerprint density at radius 3 is 2.58 bits per heavy atom. The second-order valence-electron chi connectivity index (χ2n) is 5.48. The Bertz CT molecular complexity index is 609. The number of hydrogen-bond donors (Lipinski definition) is 0. The van der Waals surface area contributed by atoms with Gasteiger partial charge in [0.15, 0.2) is 0 Å². The smallest absolute Gasteiger partial charge is 0.241 e. The molecule has 19 heavy (non-hydrogen) atoms. The molecule has 4 nitrogen and oxygen atoms in total. The fraction of sp³-hybridized carbons (Fsp3) is 0.333. The molecule has 0 aliphatic carbocycles. The number of hydrogen-bond acceptors (Lipinski definition) is 3. The molecule has 2 fully saturated rings. The standard InChI is InChI=1S/C15H13NO3/c1-15-8-7-10(19-15)11-12(15)14(18)16(13(11)17)9-5-3-2-4-6-9/h2-8,10-12H,1H3/t10-,11+,12+,15-/m0/s1. The van der Waals surface area contributed by atoms with Crippen LogP contribution in [0.5, 0.6) is 0 Å². The Morgan fingerprint density at radius 1 is 1.16 bits per heavy atom. The first kappa shape index (κ1) is 10.9. The van der Waals surface area contributed by atoms with E-state index in [-0.39, 0.29) is 29.8 Å². The maximum absolute atomic E-state index is 12.6. The van der Waals surface area contributed by atoms with Gasteiger partial charge >= 0.3 is 0 Å². The molecule has 0 unspecified atom stereocenters. The highest BCUT2D eigenvalue weighted by Gasteiger charge is 2.65. The summed E-state index contributed by atoms with van der Waals surface area (Å²) >= 11 is 0. The molecule has 2 amide bonds. The summed E-state index contributed by atoms with van der Waals surface area (Å²) in [5, 5.41) is 0. The third-order valence-corrected chi connectivity index (χ3v) is 4.34. The lowest BCUT2D eigenvalue weighted by atomic mass is 9.78. The average molecular weight is 255 g/mol. The predicted molar refractivity (Wildman–Crippen MR) is 68.3 cm³/mol. The van der Waals surface area contributed by atoms with Crippen molar-refractivity contribution in [3.8, 4) is 0 Å². The molecule has 3 aliphatic rings. The molecule has 1 aromatic rings. The van der Waals surface area contributed by atoms with Gasteiger partial charge in [-0.2, -0.15) is 0 Å². The fourth-order valence-corrected chi connectivity index (χ4v) is 3.48. The molecule has 0 spiro atoms. The van der Waals surface area contributed by atoms with Gasteiger partial charge in [0.2, 0.25) is 11.8 Å². The van der Waals surface area contributed by atoms with E-state index < -0.39 is 5.60 Å². The molecule has 4 rings (SSSR count). The number of benzene rings is 1. The molecule has 1 aromatic carbocycles. The normalized spacial score (nSPS) is 39.2. The number of anilines is 1. The van der Waals surface area contributed by atoms with Crippen LogP contribution in [0.25, 0.3) is 0 Å². The molecule has 0 N–H and O–H groups in total. The largest absolute Gasteiger partial charge is 0.362 e. The molecule has 2 bridgehead atoms. The summed E-state index contributed by atoms with van der Waals surface area (Å²) in [5.74, 6) is -1.02. The average Bonchev–Trinajstić information content (AvgIpc) is 3.00.